The first-order valence-electron chi connectivity index (χ1n) is 1.95. The van der Waals surface area contributed by atoms with Gasteiger partial charge in [0.15, 0.2) is 0 Å². The molecule has 1 N–H and O–H groups in total. The maximum atomic E-state index is 8.30. The van der Waals surface area contributed by atoms with Crippen molar-refractivity contribution < 1.29 is 4.55 Å². The van der Waals surface area contributed by atoms with Crippen LogP contribution in [0.25, 0.3) is 0 Å². The van der Waals surface area contributed by atoms with Crippen molar-refractivity contribution >= 4 is 12.0 Å². The van der Waals surface area contributed by atoms with Gasteiger partial charge in [0, 0.05) is 16.9 Å². The van der Waals surface area contributed by atoms with Gasteiger partial charge in [-0.2, -0.15) is 0 Å². The molecular weight excluding hydrogens is 108 g/mol. The van der Waals surface area contributed by atoms with E-state index < -0.39 is 0 Å². The first-order chi connectivity index (χ1) is 3.35. The zero-order valence-electron chi connectivity index (χ0n) is 4.22. The molecule has 0 atom stereocenters. The van der Waals surface area contributed by atoms with E-state index in [1.54, 1.807) is 12.2 Å². The Morgan fingerprint density at radius 1 is 1.86 bits per heavy atom. The predicted molar refractivity (Wildman–Crippen MR) is 34.2 cm³/mol. The molecule has 2 heteroatoms. The molecule has 0 amide bonds. The fourth-order valence-corrected chi connectivity index (χ4v) is 0.388. The quantitative estimate of drug-likeness (QED) is 0.441. The third-order valence-electron chi connectivity index (χ3n) is 0.591. The van der Waals surface area contributed by atoms with Gasteiger partial charge in [0.1, 0.15) is 0 Å². The van der Waals surface area contributed by atoms with E-state index >= 15 is 0 Å². The second kappa shape index (κ2) is 3.96. The van der Waals surface area contributed by atoms with Gasteiger partial charge in [-0.3, -0.25) is 0 Å². The van der Waals surface area contributed by atoms with Crippen molar-refractivity contribution in [2.45, 2.75) is 6.92 Å². The van der Waals surface area contributed by atoms with Crippen LogP contribution in [0, 0.1) is 0 Å². The topological polar surface area (TPSA) is 20.2 Å². The Balaban J connectivity index is 3.60. The molecule has 1 nitrogen and oxygen atoms in total. The molecule has 0 aliphatic carbocycles. The minimum atomic E-state index is 0.713. The molecule has 0 saturated heterocycles. The SMILES string of the molecule is C=C/C(=C\C)SO. The van der Waals surface area contributed by atoms with E-state index in [-0.39, 0.29) is 0 Å². The standard InChI is InChI=1S/C5H8OS/c1-3-5(4-2)7-6/h3-4,6H,1H2,2H3/b5-4+. The van der Waals surface area contributed by atoms with E-state index in [4.69, 9.17) is 4.55 Å². The number of rotatable bonds is 2. The van der Waals surface area contributed by atoms with Crippen molar-refractivity contribution in [3.63, 3.8) is 0 Å². The van der Waals surface area contributed by atoms with Crippen molar-refractivity contribution in [2.75, 3.05) is 0 Å². The van der Waals surface area contributed by atoms with Crippen LogP contribution in [-0.4, -0.2) is 4.55 Å². The summed E-state index contributed by atoms with van der Waals surface area (Å²) in [5, 5.41) is 0. The summed E-state index contributed by atoms with van der Waals surface area (Å²) in [4.78, 5) is 0.792. The predicted octanol–water partition coefficient (Wildman–Crippen LogP) is 2.28. The summed E-state index contributed by atoms with van der Waals surface area (Å²) in [5.74, 6) is 0. The van der Waals surface area contributed by atoms with Gasteiger partial charge < -0.3 is 4.55 Å². The van der Waals surface area contributed by atoms with Crippen LogP contribution in [0.4, 0.5) is 0 Å². The van der Waals surface area contributed by atoms with Crippen LogP contribution in [-0.2, 0) is 0 Å². The summed E-state index contributed by atoms with van der Waals surface area (Å²) >= 11 is 0.713. The Hall–Kier alpha value is -0.210. The molecule has 0 aromatic carbocycles. The molecule has 0 spiro atoms. The molecule has 0 fully saturated rings. The highest BCUT2D eigenvalue weighted by molar-refractivity contribution is 7.97. The Bertz CT molecular complexity index is 86.1. The Morgan fingerprint density at radius 3 is 2.43 bits per heavy atom. The molecule has 40 valence electrons. The third kappa shape index (κ3) is 2.48. The second-order valence-corrected chi connectivity index (χ2v) is 1.64. The molecule has 0 radical (unpaired) electrons. The lowest BCUT2D eigenvalue weighted by Gasteiger charge is -1.85. The van der Waals surface area contributed by atoms with Crippen molar-refractivity contribution in [1.82, 2.24) is 0 Å². The number of allylic oxidation sites excluding steroid dienone is 2. The Morgan fingerprint density at radius 2 is 2.43 bits per heavy atom. The zero-order valence-corrected chi connectivity index (χ0v) is 5.03. The van der Waals surface area contributed by atoms with Gasteiger partial charge in [-0.05, 0) is 6.92 Å². The highest BCUT2D eigenvalue weighted by atomic mass is 32.2. The normalized spacial score (nSPS) is 11.4. The molecule has 0 saturated carbocycles. The highest BCUT2D eigenvalue weighted by Gasteiger charge is 1.80. The van der Waals surface area contributed by atoms with Gasteiger partial charge in [0.2, 0.25) is 0 Å². The molecule has 0 unspecified atom stereocenters. The van der Waals surface area contributed by atoms with Gasteiger partial charge in [-0.1, -0.05) is 18.7 Å². The third-order valence-corrected chi connectivity index (χ3v) is 1.20. The van der Waals surface area contributed by atoms with E-state index in [1.807, 2.05) is 6.92 Å². The molecular formula is C5H8OS. The molecule has 0 bridgehead atoms. The van der Waals surface area contributed by atoms with Crippen molar-refractivity contribution in [3.8, 4) is 0 Å². The molecule has 0 heterocycles. The molecule has 7 heavy (non-hydrogen) atoms. The molecule has 0 aliphatic heterocycles. The average Bonchev–Trinajstić information content (AvgIpc) is 1.72. The monoisotopic (exact) mass is 116 g/mol. The maximum absolute atomic E-state index is 8.30. The summed E-state index contributed by atoms with van der Waals surface area (Å²) in [6.07, 6.45) is 3.39. The fraction of sp³-hybridized carbons (Fsp3) is 0.200. The first kappa shape index (κ1) is 6.79. The maximum Gasteiger partial charge on any atom is 0.0302 e. The Kier molecular flexibility index (Phi) is 3.84. The lowest BCUT2D eigenvalue weighted by atomic mass is 10.5. The fourth-order valence-electron chi connectivity index (χ4n) is 0.208. The van der Waals surface area contributed by atoms with Gasteiger partial charge >= 0.3 is 0 Å². The van der Waals surface area contributed by atoms with Crippen LogP contribution >= 0.6 is 12.0 Å². The molecule has 0 rings (SSSR count). The summed E-state index contributed by atoms with van der Waals surface area (Å²) in [5.41, 5.74) is 0. The lowest BCUT2D eigenvalue weighted by molar-refractivity contribution is 0.670. The van der Waals surface area contributed by atoms with Crippen LogP contribution in [0.15, 0.2) is 23.6 Å². The zero-order chi connectivity index (χ0) is 5.70. The van der Waals surface area contributed by atoms with Gasteiger partial charge in [0.05, 0.1) is 0 Å². The van der Waals surface area contributed by atoms with E-state index in [0.29, 0.717) is 12.0 Å². The molecule has 0 aromatic rings. The van der Waals surface area contributed by atoms with E-state index in [2.05, 4.69) is 6.58 Å². The first-order valence-corrected chi connectivity index (χ1v) is 2.72. The lowest BCUT2D eigenvalue weighted by Crippen LogP contribution is -1.61. The summed E-state index contributed by atoms with van der Waals surface area (Å²) in [6, 6.07) is 0. The average molecular weight is 116 g/mol. The number of hydrogen-bond donors (Lipinski definition) is 1. The van der Waals surface area contributed by atoms with Crippen LogP contribution in [0.5, 0.6) is 0 Å². The van der Waals surface area contributed by atoms with Crippen LogP contribution in [0.1, 0.15) is 6.92 Å². The molecule has 0 aromatic heterocycles. The van der Waals surface area contributed by atoms with Crippen LogP contribution in [0.2, 0.25) is 0 Å². The van der Waals surface area contributed by atoms with Gasteiger partial charge in [0.25, 0.3) is 0 Å². The van der Waals surface area contributed by atoms with Gasteiger partial charge in [-0.15, -0.1) is 0 Å². The van der Waals surface area contributed by atoms with Gasteiger partial charge in [-0.25, -0.2) is 0 Å². The minimum Gasteiger partial charge on any atom is -0.325 e. The minimum absolute atomic E-state index is 0.713. The van der Waals surface area contributed by atoms with E-state index in [1.165, 1.54) is 0 Å². The summed E-state index contributed by atoms with van der Waals surface area (Å²) in [6.45, 7) is 5.30. The smallest absolute Gasteiger partial charge is 0.0302 e. The Labute approximate surface area is 47.9 Å². The number of hydrogen-bond acceptors (Lipinski definition) is 2. The van der Waals surface area contributed by atoms with Crippen molar-refractivity contribution in [1.29, 1.82) is 0 Å². The molecule has 0 aliphatic rings. The van der Waals surface area contributed by atoms with E-state index in [9.17, 15) is 0 Å². The second-order valence-electron chi connectivity index (χ2n) is 0.986. The van der Waals surface area contributed by atoms with Crippen LogP contribution in [0.3, 0.4) is 0 Å². The summed E-state index contributed by atoms with van der Waals surface area (Å²) < 4.78 is 8.30. The summed E-state index contributed by atoms with van der Waals surface area (Å²) in [7, 11) is 0. The highest BCUT2D eigenvalue weighted by Crippen LogP contribution is 2.09. The largest absolute Gasteiger partial charge is 0.325 e. The van der Waals surface area contributed by atoms with Crippen molar-refractivity contribution in [2.24, 2.45) is 0 Å². The van der Waals surface area contributed by atoms with Crippen molar-refractivity contribution in [3.05, 3.63) is 23.6 Å². The van der Waals surface area contributed by atoms with E-state index in [0.717, 1.165) is 4.91 Å². The van der Waals surface area contributed by atoms with Crippen LogP contribution < -0.4 is 0 Å².